The number of amides is 2. The van der Waals surface area contributed by atoms with Crippen LogP contribution in [0.4, 0.5) is 15.5 Å². The Bertz CT molecular complexity index is 649. The van der Waals surface area contributed by atoms with Crippen LogP contribution in [-0.2, 0) is 0 Å². The Labute approximate surface area is 119 Å². The molecule has 0 saturated heterocycles. The molecule has 2 amide bonds. The number of hydrogen-bond acceptors (Lipinski definition) is 4. The van der Waals surface area contributed by atoms with Crippen LogP contribution in [0.3, 0.4) is 0 Å². The van der Waals surface area contributed by atoms with E-state index in [0.29, 0.717) is 11.4 Å². The Morgan fingerprint density at radius 2 is 1.80 bits per heavy atom. The van der Waals surface area contributed by atoms with E-state index < -0.39 is 12.0 Å². The van der Waals surface area contributed by atoms with Gasteiger partial charge in [0.2, 0.25) is 0 Å². The van der Waals surface area contributed by atoms with Crippen molar-refractivity contribution in [3.8, 4) is 0 Å². The number of urea groups is 1. The molecule has 104 valence electrons. The normalized spacial score (nSPS) is 10.1. The van der Waals surface area contributed by atoms with Crippen LogP contribution in [0.25, 0.3) is 0 Å². The number of carbonyl (C=O) groups excluding carboxylic acids is 1. The zero-order chi connectivity index (χ0) is 14.7. The molecule has 0 spiro atoms. The molecular formula is C13H13N3O3S. The lowest BCUT2D eigenvalue weighted by Gasteiger charge is -2.06. The minimum Gasteiger partial charge on any atom is -0.478 e. The number of benzene rings is 1. The van der Waals surface area contributed by atoms with Crippen molar-refractivity contribution in [2.75, 3.05) is 10.6 Å². The highest BCUT2D eigenvalue weighted by Gasteiger charge is 2.19. The number of rotatable bonds is 3. The molecule has 2 aromatic rings. The van der Waals surface area contributed by atoms with Crippen LogP contribution in [0.1, 0.15) is 21.6 Å². The summed E-state index contributed by atoms with van der Waals surface area (Å²) >= 11 is 0.943. The van der Waals surface area contributed by atoms with Crippen LogP contribution in [0.5, 0.6) is 0 Å². The molecule has 0 unspecified atom stereocenters. The SMILES string of the molecule is Cc1ccc(NC(=O)Nc2snc(C)c2C(=O)O)cc1. The molecule has 2 rings (SSSR count). The molecular weight excluding hydrogens is 278 g/mol. The first-order chi connectivity index (χ1) is 9.47. The van der Waals surface area contributed by atoms with Crippen molar-refractivity contribution >= 4 is 34.2 Å². The second kappa shape index (κ2) is 5.70. The summed E-state index contributed by atoms with van der Waals surface area (Å²) in [6.07, 6.45) is 0. The van der Waals surface area contributed by atoms with Gasteiger partial charge in [-0.1, -0.05) is 17.7 Å². The Morgan fingerprint density at radius 3 is 2.40 bits per heavy atom. The summed E-state index contributed by atoms with van der Waals surface area (Å²) in [6.45, 7) is 3.53. The van der Waals surface area contributed by atoms with Crippen LogP contribution in [0.2, 0.25) is 0 Å². The smallest absolute Gasteiger partial charge is 0.340 e. The summed E-state index contributed by atoms with van der Waals surface area (Å²) in [5, 5.41) is 14.4. The highest BCUT2D eigenvalue weighted by atomic mass is 32.1. The third-order valence-electron chi connectivity index (χ3n) is 2.61. The summed E-state index contributed by atoms with van der Waals surface area (Å²) in [5.41, 5.74) is 2.12. The minimum absolute atomic E-state index is 0.0223. The number of carboxylic acid groups (broad SMARTS) is 1. The van der Waals surface area contributed by atoms with Crippen molar-refractivity contribution in [3.05, 3.63) is 41.1 Å². The number of aromatic carboxylic acids is 1. The molecule has 1 aromatic heterocycles. The summed E-state index contributed by atoms with van der Waals surface area (Å²) < 4.78 is 3.93. The lowest BCUT2D eigenvalue weighted by atomic mass is 10.2. The summed E-state index contributed by atoms with van der Waals surface area (Å²) in [6, 6.07) is 6.78. The fourth-order valence-corrected chi connectivity index (χ4v) is 2.39. The molecule has 1 aromatic carbocycles. The Kier molecular flexibility index (Phi) is 3.99. The van der Waals surface area contributed by atoms with Gasteiger partial charge in [0.15, 0.2) is 0 Å². The number of anilines is 2. The summed E-state index contributed by atoms with van der Waals surface area (Å²) in [7, 11) is 0. The third kappa shape index (κ3) is 3.12. The maximum absolute atomic E-state index is 11.8. The molecule has 0 radical (unpaired) electrons. The molecule has 7 heteroatoms. The molecule has 0 bridgehead atoms. The number of aromatic nitrogens is 1. The molecule has 0 aliphatic heterocycles. The van der Waals surface area contributed by atoms with Gasteiger partial charge in [0.25, 0.3) is 0 Å². The van der Waals surface area contributed by atoms with Gasteiger partial charge < -0.3 is 10.4 Å². The fourth-order valence-electron chi connectivity index (χ4n) is 1.61. The van der Waals surface area contributed by atoms with Crippen LogP contribution < -0.4 is 10.6 Å². The van der Waals surface area contributed by atoms with E-state index in [1.807, 2.05) is 19.1 Å². The zero-order valence-corrected chi connectivity index (χ0v) is 11.7. The van der Waals surface area contributed by atoms with E-state index in [1.165, 1.54) is 0 Å². The van der Waals surface area contributed by atoms with E-state index >= 15 is 0 Å². The van der Waals surface area contributed by atoms with Gasteiger partial charge in [-0.25, -0.2) is 9.59 Å². The molecule has 0 fully saturated rings. The first kappa shape index (κ1) is 14.0. The van der Waals surface area contributed by atoms with Crippen molar-refractivity contribution in [1.29, 1.82) is 0 Å². The van der Waals surface area contributed by atoms with Gasteiger partial charge in [-0.2, -0.15) is 4.37 Å². The topological polar surface area (TPSA) is 91.3 Å². The largest absolute Gasteiger partial charge is 0.478 e. The summed E-state index contributed by atoms with van der Waals surface area (Å²) in [5.74, 6) is -1.11. The highest BCUT2D eigenvalue weighted by Crippen LogP contribution is 2.24. The number of nitrogens with one attached hydrogen (secondary N) is 2. The molecule has 0 aliphatic rings. The average Bonchev–Trinajstić information content (AvgIpc) is 2.73. The Morgan fingerprint density at radius 1 is 1.15 bits per heavy atom. The number of nitrogens with zero attached hydrogens (tertiary/aromatic N) is 1. The van der Waals surface area contributed by atoms with Gasteiger partial charge in [0, 0.05) is 5.69 Å². The zero-order valence-electron chi connectivity index (χ0n) is 10.9. The van der Waals surface area contributed by atoms with E-state index in [4.69, 9.17) is 5.11 Å². The second-order valence-electron chi connectivity index (χ2n) is 4.22. The van der Waals surface area contributed by atoms with E-state index in [9.17, 15) is 9.59 Å². The van der Waals surface area contributed by atoms with Gasteiger partial charge in [0.05, 0.1) is 5.69 Å². The predicted molar refractivity (Wildman–Crippen MR) is 77.6 cm³/mol. The second-order valence-corrected chi connectivity index (χ2v) is 5.00. The minimum atomic E-state index is -1.11. The number of aryl methyl sites for hydroxylation is 2. The molecule has 6 nitrogen and oxygen atoms in total. The van der Waals surface area contributed by atoms with E-state index in [0.717, 1.165) is 17.1 Å². The van der Waals surface area contributed by atoms with Crippen LogP contribution >= 0.6 is 11.5 Å². The number of hydrogen-bond donors (Lipinski definition) is 3. The quantitative estimate of drug-likeness (QED) is 0.810. The first-order valence-corrected chi connectivity index (χ1v) is 6.59. The third-order valence-corrected chi connectivity index (χ3v) is 3.47. The molecule has 0 aliphatic carbocycles. The average molecular weight is 291 g/mol. The Hall–Kier alpha value is -2.41. The van der Waals surface area contributed by atoms with E-state index in [2.05, 4.69) is 15.0 Å². The van der Waals surface area contributed by atoms with Gasteiger partial charge in [0.1, 0.15) is 10.6 Å². The molecule has 3 N–H and O–H groups in total. The van der Waals surface area contributed by atoms with Crippen LogP contribution in [-0.4, -0.2) is 21.5 Å². The maximum Gasteiger partial charge on any atom is 0.340 e. The highest BCUT2D eigenvalue weighted by molar-refractivity contribution is 7.11. The predicted octanol–water partition coefficient (Wildman–Crippen LogP) is 3.10. The molecule has 0 saturated carbocycles. The molecule has 0 atom stereocenters. The van der Waals surface area contributed by atoms with Crippen molar-refractivity contribution < 1.29 is 14.7 Å². The van der Waals surface area contributed by atoms with Crippen molar-refractivity contribution in [2.45, 2.75) is 13.8 Å². The van der Waals surface area contributed by atoms with Gasteiger partial charge in [-0.05, 0) is 37.5 Å². The van der Waals surface area contributed by atoms with Crippen molar-refractivity contribution in [2.24, 2.45) is 0 Å². The van der Waals surface area contributed by atoms with Crippen LogP contribution in [0, 0.1) is 13.8 Å². The van der Waals surface area contributed by atoms with E-state index in [-0.39, 0.29) is 10.6 Å². The van der Waals surface area contributed by atoms with Gasteiger partial charge >= 0.3 is 12.0 Å². The lowest BCUT2D eigenvalue weighted by Crippen LogP contribution is -2.20. The maximum atomic E-state index is 11.8. The van der Waals surface area contributed by atoms with Crippen LogP contribution in [0.15, 0.2) is 24.3 Å². The monoisotopic (exact) mass is 291 g/mol. The number of carbonyl (C=O) groups is 2. The summed E-state index contributed by atoms with van der Waals surface area (Å²) in [4.78, 5) is 22.9. The lowest BCUT2D eigenvalue weighted by molar-refractivity contribution is 0.0697. The van der Waals surface area contributed by atoms with Crippen molar-refractivity contribution in [3.63, 3.8) is 0 Å². The Balaban J connectivity index is 2.09. The number of carboxylic acids is 1. The van der Waals surface area contributed by atoms with Gasteiger partial charge in [-0.3, -0.25) is 5.32 Å². The standard InChI is InChI=1S/C13H13N3O3S/c1-7-3-5-9(6-4-7)14-13(19)15-11-10(12(17)18)8(2)16-20-11/h3-6H,1-2H3,(H,17,18)(H2,14,15,19). The first-order valence-electron chi connectivity index (χ1n) is 5.81. The van der Waals surface area contributed by atoms with Gasteiger partial charge in [-0.15, -0.1) is 0 Å². The molecule has 1 heterocycles. The fraction of sp³-hybridized carbons (Fsp3) is 0.154. The van der Waals surface area contributed by atoms with E-state index in [1.54, 1.807) is 19.1 Å². The molecule has 20 heavy (non-hydrogen) atoms. The van der Waals surface area contributed by atoms with Crippen molar-refractivity contribution in [1.82, 2.24) is 4.37 Å².